The largest absolute Gasteiger partial charge is 0.352 e. The first-order chi connectivity index (χ1) is 16.0. The van der Waals surface area contributed by atoms with E-state index in [0.29, 0.717) is 18.2 Å². The molecule has 7 heteroatoms. The Morgan fingerprint density at radius 1 is 1.03 bits per heavy atom. The summed E-state index contributed by atoms with van der Waals surface area (Å²) in [6.45, 7) is 15.5. The Morgan fingerprint density at radius 3 is 2.52 bits per heavy atom. The molecule has 0 aromatic carbocycles. The lowest BCUT2D eigenvalue weighted by molar-refractivity contribution is -0.131. The fraction of sp³-hybridized carbons (Fsp3) is 0.731. The summed E-state index contributed by atoms with van der Waals surface area (Å²) in [7, 11) is 0. The molecule has 1 amide bonds. The van der Waals surface area contributed by atoms with Crippen LogP contribution in [0.1, 0.15) is 76.1 Å². The van der Waals surface area contributed by atoms with Crippen molar-refractivity contribution in [1.29, 1.82) is 0 Å². The molecule has 1 saturated heterocycles. The molecule has 2 aromatic heterocycles. The SMILES string of the molecule is CCCCCCC(=O)N1CCN(c2nc(CC(C)C)nc3sc4c(c23)CCN(CC)C4)CC1. The molecule has 0 bridgehead atoms. The van der Waals surface area contributed by atoms with E-state index in [1.165, 1.54) is 35.1 Å². The summed E-state index contributed by atoms with van der Waals surface area (Å²) < 4.78 is 0. The van der Waals surface area contributed by atoms with Crippen LogP contribution in [-0.4, -0.2) is 64.9 Å². The van der Waals surface area contributed by atoms with Crippen LogP contribution in [-0.2, 0) is 24.2 Å². The van der Waals surface area contributed by atoms with Gasteiger partial charge in [0.1, 0.15) is 16.5 Å². The Kier molecular flexibility index (Phi) is 8.23. The lowest BCUT2D eigenvalue weighted by Crippen LogP contribution is -2.49. The molecule has 182 valence electrons. The lowest BCUT2D eigenvalue weighted by atomic mass is 10.0. The van der Waals surface area contributed by atoms with Gasteiger partial charge in [0.05, 0.1) is 5.39 Å². The van der Waals surface area contributed by atoms with Crippen LogP contribution in [0.5, 0.6) is 0 Å². The quantitative estimate of drug-likeness (QED) is 0.488. The Labute approximate surface area is 203 Å². The fourth-order valence-electron chi connectivity index (χ4n) is 5.06. The first-order valence-corrected chi connectivity index (χ1v) is 13.9. The number of amides is 1. The van der Waals surface area contributed by atoms with E-state index < -0.39 is 0 Å². The number of piperazine rings is 1. The number of nitrogens with zero attached hydrogens (tertiary/aromatic N) is 5. The van der Waals surface area contributed by atoms with Gasteiger partial charge in [-0.2, -0.15) is 0 Å². The van der Waals surface area contributed by atoms with Crippen LogP contribution >= 0.6 is 11.3 Å². The molecule has 1 fully saturated rings. The molecular weight excluding hydrogens is 430 g/mol. The molecule has 0 N–H and O–H groups in total. The number of likely N-dealkylation sites (N-methyl/N-ethyl adjacent to an activating group) is 1. The van der Waals surface area contributed by atoms with E-state index in [1.54, 1.807) is 0 Å². The molecule has 4 rings (SSSR count). The molecule has 0 spiro atoms. The molecule has 2 aromatic rings. The molecule has 6 nitrogen and oxygen atoms in total. The Balaban J connectivity index is 1.54. The number of hydrogen-bond acceptors (Lipinski definition) is 6. The molecule has 0 radical (unpaired) electrons. The van der Waals surface area contributed by atoms with Crippen LogP contribution < -0.4 is 4.90 Å². The Bertz CT molecular complexity index is 948. The van der Waals surface area contributed by atoms with Gasteiger partial charge in [-0.05, 0) is 30.9 Å². The van der Waals surface area contributed by atoms with Crippen LogP contribution in [0, 0.1) is 5.92 Å². The fourth-order valence-corrected chi connectivity index (χ4v) is 6.33. The Hall–Kier alpha value is -1.73. The molecule has 2 aliphatic heterocycles. The van der Waals surface area contributed by atoms with E-state index in [0.717, 1.165) is 81.5 Å². The van der Waals surface area contributed by atoms with Gasteiger partial charge in [0.15, 0.2) is 0 Å². The summed E-state index contributed by atoms with van der Waals surface area (Å²) in [4.78, 5) is 32.5. The number of aromatic nitrogens is 2. The zero-order valence-corrected chi connectivity index (χ0v) is 21.8. The maximum absolute atomic E-state index is 12.7. The summed E-state index contributed by atoms with van der Waals surface area (Å²) >= 11 is 1.87. The number of thiophene rings is 1. The number of unbranched alkanes of at least 4 members (excludes halogenated alkanes) is 3. The first kappa shape index (κ1) is 24.4. The van der Waals surface area contributed by atoms with Gasteiger partial charge in [0, 0.05) is 57.0 Å². The van der Waals surface area contributed by atoms with Crippen molar-refractivity contribution in [3.63, 3.8) is 0 Å². The standard InChI is InChI=1S/C26H41N5OS/c1-5-7-8-9-10-23(32)30-13-15-31(16-14-30)25-24-20-11-12-29(6-2)18-21(20)33-26(24)28-22(27-25)17-19(3)4/h19H,5-18H2,1-4H3. The summed E-state index contributed by atoms with van der Waals surface area (Å²) in [6.07, 6.45) is 7.31. The third kappa shape index (κ3) is 5.68. The van der Waals surface area contributed by atoms with Crippen LogP contribution in [0.25, 0.3) is 10.2 Å². The average Bonchev–Trinajstić information content (AvgIpc) is 3.18. The number of carbonyl (C=O) groups excluding carboxylic acids is 1. The minimum absolute atomic E-state index is 0.326. The van der Waals surface area contributed by atoms with Crippen LogP contribution in [0.15, 0.2) is 0 Å². The van der Waals surface area contributed by atoms with Crippen molar-refractivity contribution in [2.75, 3.05) is 44.2 Å². The minimum Gasteiger partial charge on any atom is -0.352 e. The average molecular weight is 472 g/mol. The van der Waals surface area contributed by atoms with Crippen molar-refractivity contribution in [2.45, 2.75) is 79.2 Å². The monoisotopic (exact) mass is 471 g/mol. The molecule has 0 unspecified atom stereocenters. The third-order valence-electron chi connectivity index (χ3n) is 7.02. The number of anilines is 1. The van der Waals surface area contributed by atoms with Gasteiger partial charge in [-0.15, -0.1) is 11.3 Å². The van der Waals surface area contributed by atoms with E-state index in [4.69, 9.17) is 9.97 Å². The zero-order chi connectivity index (χ0) is 23.4. The van der Waals surface area contributed by atoms with Crippen molar-refractivity contribution >= 4 is 33.3 Å². The summed E-state index contributed by atoms with van der Waals surface area (Å²) in [5.41, 5.74) is 1.47. The highest BCUT2D eigenvalue weighted by Gasteiger charge is 2.28. The molecule has 0 saturated carbocycles. The minimum atomic E-state index is 0.326. The number of hydrogen-bond donors (Lipinski definition) is 0. The lowest BCUT2D eigenvalue weighted by Gasteiger charge is -2.36. The van der Waals surface area contributed by atoms with Crippen LogP contribution in [0.3, 0.4) is 0 Å². The van der Waals surface area contributed by atoms with Gasteiger partial charge < -0.3 is 9.80 Å². The van der Waals surface area contributed by atoms with Gasteiger partial charge in [0.25, 0.3) is 0 Å². The molecule has 4 heterocycles. The summed E-state index contributed by atoms with van der Waals surface area (Å²) in [5.74, 6) is 2.94. The maximum atomic E-state index is 12.7. The van der Waals surface area contributed by atoms with Gasteiger partial charge in [-0.1, -0.05) is 47.0 Å². The predicted octanol–water partition coefficient (Wildman–Crippen LogP) is 4.89. The van der Waals surface area contributed by atoms with Crippen molar-refractivity contribution < 1.29 is 4.79 Å². The molecule has 0 aliphatic carbocycles. The zero-order valence-electron chi connectivity index (χ0n) is 21.0. The first-order valence-electron chi connectivity index (χ1n) is 13.1. The smallest absolute Gasteiger partial charge is 0.222 e. The second-order valence-electron chi connectivity index (χ2n) is 10.0. The van der Waals surface area contributed by atoms with Gasteiger partial charge in [-0.25, -0.2) is 9.97 Å². The molecule has 0 atom stereocenters. The summed E-state index contributed by atoms with van der Waals surface area (Å²) in [6, 6.07) is 0. The van der Waals surface area contributed by atoms with Gasteiger partial charge in [0.2, 0.25) is 5.91 Å². The van der Waals surface area contributed by atoms with Crippen molar-refractivity contribution in [3.05, 3.63) is 16.3 Å². The second-order valence-corrected chi connectivity index (χ2v) is 11.1. The second kappa shape index (κ2) is 11.1. The highest BCUT2D eigenvalue weighted by molar-refractivity contribution is 7.19. The summed E-state index contributed by atoms with van der Waals surface area (Å²) in [5, 5.41) is 1.29. The highest BCUT2D eigenvalue weighted by atomic mass is 32.1. The molecular formula is C26H41N5OS. The van der Waals surface area contributed by atoms with Gasteiger partial charge >= 0.3 is 0 Å². The van der Waals surface area contributed by atoms with E-state index in [2.05, 4.69) is 42.4 Å². The molecule has 33 heavy (non-hydrogen) atoms. The van der Waals surface area contributed by atoms with Crippen molar-refractivity contribution in [1.82, 2.24) is 19.8 Å². The number of carbonyl (C=O) groups is 1. The third-order valence-corrected chi connectivity index (χ3v) is 8.13. The van der Waals surface area contributed by atoms with Crippen LogP contribution in [0.2, 0.25) is 0 Å². The van der Waals surface area contributed by atoms with Crippen molar-refractivity contribution in [2.24, 2.45) is 5.92 Å². The van der Waals surface area contributed by atoms with E-state index in [9.17, 15) is 4.79 Å². The van der Waals surface area contributed by atoms with Crippen LogP contribution in [0.4, 0.5) is 5.82 Å². The van der Waals surface area contributed by atoms with Crippen molar-refractivity contribution in [3.8, 4) is 0 Å². The Morgan fingerprint density at radius 2 is 1.82 bits per heavy atom. The molecule has 2 aliphatic rings. The van der Waals surface area contributed by atoms with E-state index in [1.807, 2.05) is 11.3 Å². The topological polar surface area (TPSA) is 52.6 Å². The number of fused-ring (bicyclic) bond motifs is 3. The van der Waals surface area contributed by atoms with E-state index >= 15 is 0 Å². The van der Waals surface area contributed by atoms with E-state index in [-0.39, 0.29) is 0 Å². The normalized spacial score (nSPS) is 17.2. The highest BCUT2D eigenvalue weighted by Crippen LogP contribution is 2.39. The number of rotatable bonds is 9. The maximum Gasteiger partial charge on any atom is 0.222 e. The predicted molar refractivity (Wildman–Crippen MR) is 138 cm³/mol. The van der Waals surface area contributed by atoms with Gasteiger partial charge in [-0.3, -0.25) is 9.69 Å².